The first-order chi connectivity index (χ1) is 18.0. The number of rotatable bonds is 6. The molecule has 2 aromatic heterocycles. The number of hydrogen-bond acceptors (Lipinski definition) is 6. The van der Waals surface area contributed by atoms with Gasteiger partial charge in [0.25, 0.3) is 0 Å². The van der Waals surface area contributed by atoms with Crippen molar-refractivity contribution >= 4 is 16.8 Å². The Bertz CT molecular complexity index is 1280. The van der Waals surface area contributed by atoms with Gasteiger partial charge in [-0.2, -0.15) is 0 Å². The summed E-state index contributed by atoms with van der Waals surface area (Å²) in [5.74, 6) is 1.48. The number of carbonyl (C=O) groups is 1. The Morgan fingerprint density at radius 2 is 2.00 bits per heavy atom. The van der Waals surface area contributed by atoms with Crippen molar-refractivity contribution in [2.75, 3.05) is 53.1 Å². The van der Waals surface area contributed by atoms with Gasteiger partial charge in [0.2, 0.25) is 5.91 Å². The van der Waals surface area contributed by atoms with E-state index in [9.17, 15) is 9.90 Å². The Morgan fingerprint density at radius 1 is 1.19 bits per heavy atom. The van der Waals surface area contributed by atoms with Crippen molar-refractivity contribution in [3.63, 3.8) is 0 Å². The van der Waals surface area contributed by atoms with E-state index in [4.69, 9.17) is 9.47 Å². The molecule has 5 heterocycles. The maximum atomic E-state index is 13.7. The Kier molecular flexibility index (Phi) is 6.42. The van der Waals surface area contributed by atoms with Crippen LogP contribution in [0.3, 0.4) is 0 Å². The number of pyridine rings is 1. The highest BCUT2D eigenvalue weighted by Crippen LogP contribution is 2.50. The fraction of sp³-hybridized carbons (Fsp3) is 0.517. The van der Waals surface area contributed by atoms with Crippen LogP contribution in [0.2, 0.25) is 0 Å². The van der Waals surface area contributed by atoms with Crippen LogP contribution in [-0.4, -0.2) is 83.5 Å². The summed E-state index contributed by atoms with van der Waals surface area (Å²) in [7, 11) is 3.72. The van der Waals surface area contributed by atoms with Crippen LogP contribution in [0, 0.1) is 5.92 Å². The molecule has 0 saturated carbocycles. The molecule has 0 bridgehead atoms. The number of nitrogens with zero attached hydrogens (tertiary/aromatic N) is 4. The van der Waals surface area contributed by atoms with Gasteiger partial charge in [0, 0.05) is 80.9 Å². The van der Waals surface area contributed by atoms with Crippen molar-refractivity contribution in [3.8, 4) is 5.75 Å². The quantitative estimate of drug-likeness (QED) is 0.556. The fourth-order valence-corrected chi connectivity index (χ4v) is 6.87. The van der Waals surface area contributed by atoms with E-state index in [2.05, 4.69) is 26.6 Å². The number of ether oxygens (including phenoxy) is 2. The van der Waals surface area contributed by atoms with Crippen LogP contribution in [-0.2, 0) is 28.4 Å². The highest BCUT2D eigenvalue weighted by molar-refractivity contribution is 5.90. The largest absolute Gasteiger partial charge is 0.497 e. The highest BCUT2D eigenvalue weighted by atomic mass is 16.5. The SMILES string of the molecule is COc1ccc2c3c(n(C)c2c1)[C@@H](CO)N(C(=O)Cc1ccccn1)CC31CN(CC2CCOCC2)C1. The second-order valence-corrected chi connectivity index (χ2v) is 10.9. The fourth-order valence-electron chi connectivity index (χ4n) is 6.87. The predicted octanol–water partition coefficient (Wildman–Crippen LogP) is 2.68. The van der Waals surface area contributed by atoms with E-state index in [0.717, 1.165) is 68.3 Å². The van der Waals surface area contributed by atoms with Gasteiger partial charge in [-0.05, 0) is 48.6 Å². The number of methoxy groups -OCH3 is 1. The van der Waals surface area contributed by atoms with Crippen molar-refractivity contribution in [1.29, 1.82) is 0 Å². The van der Waals surface area contributed by atoms with Gasteiger partial charge in [0.05, 0.1) is 31.7 Å². The maximum Gasteiger partial charge on any atom is 0.229 e. The number of aliphatic hydroxyl groups is 1. The van der Waals surface area contributed by atoms with Gasteiger partial charge in [-0.3, -0.25) is 9.78 Å². The van der Waals surface area contributed by atoms with Gasteiger partial charge in [0.15, 0.2) is 0 Å². The number of benzene rings is 1. The average Bonchev–Trinajstić information content (AvgIpc) is 3.21. The van der Waals surface area contributed by atoms with Crippen molar-refractivity contribution in [2.24, 2.45) is 13.0 Å². The molecule has 0 unspecified atom stereocenters. The molecule has 1 aromatic carbocycles. The van der Waals surface area contributed by atoms with Gasteiger partial charge in [-0.25, -0.2) is 0 Å². The van der Waals surface area contributed by atoms with E-state index >= 15 is 0 Å². The minimum atomic E-state index is -0.398. The van der Waals surface area contributed by atoms with Crippen molar-refractivity contribution in [2.45, 2.75) is 30.7 Å². The van der Waals surface area contributed by atoms with Crippen LogP contribution in [0.15, 0.2) is 42.6 Å². The van der Waals surface area contributed by atoms with E-state index in [-0.39, 0.29) is 24.3 Å². The number of aliphatic hydroxyl groups excluding tert-OH is 1. The molecule has 1 amide bonds. The van der Waals surface area contributed by atoms with E-state index in [1.807, 2.05) is 36.2 Å². The zero-order valence-electron chi connectivity index (χ0n) is 21.7. The lowest BCUT2D eigenvalue weighted by atomic mass is 9.68. The zero-order valence-corrected chi connectivity index (χ0v) is 21.7. The van der Waals surface area contributed by atoms with E-state index in [0.29, 0.717) is 12.5 Å². The van der Waals surface area contributed by atoms with Crippen LogP contribution in [0.5, 0.6) is 5.75 Å². The van der Waals surface area contributed by atoms with Crippen LogP contribution in [0.25, 0.3) is 10.9 Å². The third kappa shape index (κ3) is 4.21. The summed E-state index contributed by atoms with van der Waals surface area (Å²) in [5, 5.41) is 11.8. The lowest BCUT2D eigenvalue weighted by Gasteiger charge is -2.57. The second-order valence-electron chi connectivity index (χ2n) is 10.9. The number of carbonyl (C=O) groups excluding carboxylic acids is 1. The summed E-state index contributed by atoms with van der Waals surface area (Å²) in [5.41, 5.74) is 3.98. The first-order valence-electron chi connectivity index (χ1n) is 13.3. The third-order valence-electron chi connectivity index (χ3n) is 8.61. The molecule has 2 saturated heterocycles. The number of fused-ring (bicyclic) bond motifs is 4. The number of hydrogen-bond donors (Lipinski definition) is 1. The van der Waals surface area contributed by atoms with E-state index < -0.39 is 6.04 Å². The van der Waals surface area contributed by atoms with Crippen LogP contribution < -0.4 is 4.74 Å². The van der Waals surface area contributed by atoms with Gasteiger partial charge in [0.1, 0.15) is 5.75 Å². The van der Waals surface area contributed by atoms with Crippen molar-refractivity contribution in [1.82, 2.24) is 19.4 Å². The molecule has 1 atom stereocenters. The lowest BCUT2D eigenvalue weighted by Crippen LogP contribution is -2.67. The molecule has 3 aliphatic heterocycles. The predicted molar refractivity (Wildman–Crippen MR) is 141 cm³/mol. The molecule has 3 aliphatic rings. The smallest absolute Gasteiger partial charge is 0.229 e. The number of aromatic nitrogens is 2. The summed E-state index contributed by atoms with van der Waals surface area (Å²) in [6.07, 6.45) is 4.18. The summed E-state index contributed by atoms with van der Waals surface area (Å²) in [6, 6.07) is 11.5. The number of amides is 1. The second kappa shape index (κ2) is 9.74. The van der Waals surface area contributed by atoms with Crippen molar-refractivity contribution < 1.29 is 19.4 Å². The van der Waals surface area contributed by atoms with E-state index in [1.165, 1.54) is 10.9 Å². The summed E-state index contributed by atoms with van der Waals surface area (Å²) >= 11 is 0. The Labute approximate surface area is 217 Å². The Balaban J connectivity index is 1.38. The Morgan fingerprint density at radius 3 is 2.70 bits per heavy atom. The molecule has 196 valence electrons. The zero-order chi connectivity index (χ0) is 25.6. The van der Waals surface area contributed by atoms with Crippen LogP contribution in [0.4, 0.5) is 0 Å². The molecule has 0 aliphatic carbocycles. The molecule has 8 heteroatoms. The van der Waals surface area contributed by atoms with Gasteiger partial charge >= 0.3 is 0 Å². The topological polar surface area (TPSA) is 80.1 Å². The number of likely N-dealkylation sites (tertiary alicyclic amines) is 1. The van der Waals surface area contributed by atoms with Crippen LogP contribution >= 0.6 is 0 Å². The van der Waals surface area contributed by atoms with Crippen LogP contribution in [0.1, 0.15) is 35.8 Å². The molecular weight excluding hydrogens is 468 g/mol. The molecule has 2 fully saturated rings. The summed E-state index contributed by atoms with van der Waals surface area (Å²) < 4.78 is 13.3. The third-order valence-corrected chi connectivity index (χ3v) is 8.61. The molecule has 3 aromatic rings. The summed E-state index contributed by atoms with van der Waals surface area (Å²) in [4.78, 5) is 22.6. The monoisotopic (exact) mass is 504 g/mol. The first-order valence-corrected chi connectivity index (χ1v) is 13.3. The Hall–Kier alpha value is -2.94. The molecule has 1 spiro atoms. The van der Waals surface area contributed by atoms with E-state index in [1.54, 1.807) is 13.3 Å². The normalized spacial score (nSPS) is 21.7. The first kappa shape index (κ1) is 24.4. The van der Waals surface area contributed by atoms with Gasteiger partial charge in [-0.15, -0.1) is 0 Å². The molecule has 37 heavy (non-hydrogen) atoms. The van der Waals surface area contributed by atoms with Gasteiger partial charge in [-0.1, -0.05) is 6.07 Å². The molecule has 8 nitrogen and oxygen atoms in total. The maximum absolute atomic E-state index is 13.7. The number of aryl methyl sites for hydroxylation is 1. The van der Waals surface area contributed by atoms with Crippen molar-refractivity contribution in [3.05, 3.63) is 59.5 Å². The lowest BCUT2D eigenvalue weighted by molar-refractivity contribution is -0.138. The molecular formula is C29H36N4O4. The van der Waals surface area contributed by atoms with Gasteiger partial charge < -0.3 is 28.9 Å². The minimum Gasteiger partial charge on any atom is -0.497 e. The molecule has 0 radical (unpaired) electrons. The average molecular weight is 505 g/mol. The minimum absolute atomic E-state index is 0.00786. The summed E-state index contributed by atoms with van der Waals surface area (Å²) in [6.45, 7) is 5.09. The molecule has 6 rings (SSSR count). The standard InChI is InChI=1S/C29H36N4O4/c1-31-24-14-22(36-2)6-7-23(24)27-28(31)25(16-34)33(26(35)13-21-5-3-4-10-30-21)19-29(27)17-32(18-29)15-20-8-11-37-12-9-20/h3-7,10,14,20,25,34H,8-9,11-13,15-19H2,1-2H3/t25-/m1/s1. The molecule has 1 N–H and O–H groups in total. The highest BCUT2D eigenvalue weighted by Gasteiger charge is 2.54.